The fraction of sp³-hybridized carbons (Fsp3) is 0.500. The smallest absolute Gasteiger partial charge is 0.315 e. The number of carbonyl (C=O) groups is 1. The summed E-state index contributed by atoms with van der Waals surface area (Å²) in [6.07, 6.45) is 0.342. The second-order valence-corrected chi connectivity index (χ2v) is 7.30. The van der Waals surface area contributed by atoms with Crippen LogP contribution in [0.4, 0.5) is 4.39 Å². The van der Waals surface area contributed by atoms with Crippen molar-refractivity contribution in [1.82, 2.24) is 0 Å². The summed E-state index contributed by atoms with van der Waals surface area (Å²) in [5.74, 6) is -1.95. The van der Waals surface area contributed by atoms with Crippen molar-refractivity contribution in [2.45, 2.75) is 25.2 Å². The first kappa shape index (κ1) is 17.6. The third-order valence-corrected chi connectivity index (χ3v) is 5.37. The zero-order valence-electron chi connectivity index (χ0n) is 11.9. The van der Waals surface area contributed by atoms with Gasteiger partial charge in [-0.1, -0.05) is 19.1 Å². The minimum atomic E-state index is -3.32. The van der Waals surface area contributed by atoms with Gasteiger partial charge in [-0.2, -0.15) is 0 Å². The highest BCUT2D eigenvalue weighted by Gasteiger charge is 2.40. The summed E-state index contributed by atoms with van der Waals surface area (Å²) in [4.78, 5) is 11.6. The van der Waals surface area contributed by atoms with E-state index in [1.807, 2.05) is 0 Å². The Balaban J connectivity index is 3.11. The summed E-state index contributed by atoms with van der Waals surface area (Å²) >= 11 is 0. The number of carboxylic acids is 1. The van der Waals surface area contributed by atoms with E-state index in [-0.39, 0.29) is 24.5 Å². The van der Waals surface area contributed by atoms with Crippen LogP contribution in [-0.2, 0) is 20.0 Å². The Morgan fingerprint density at radius 1 is 1.29 bits per heavy atom. The molecular formula is C14H20FNO4S. The molecule has 0 aliphatic carbocycles. The number of hydrogen-bond donors (Lipinski definition) is 2. The molecule has 0 radical (unpaired) electrons. The van der Waals surface area contributed by atoms with E-state index in [0.717, 1.165) is 12.1 Å². The quantitative estimate of drug-likeness (QED) is 0.753. The van der Waals surface area contributed by atoms with Gasteiger partial charge >= 0.3 is 5.97 Å². The van der Waals surface area contributed by atoms with Gasteiger partial charge in [0.05, 0.1) is 5.75 Å². The fourth-order valence-corrected chi connectivity index (χ4v) is 3.68. The van der Waals surface area contributed by atoms with E-state index in [9.17, 15) is 22.7 Å². The molecule has 7 heteroatoms. The summed E-state index contributed by atoms with van der Waals surface area (Å²) in [7, 11) is -3.32. The van der Waals surface area contributed by atoms with E-state index in [4.69, 9.17) is 5.73 Å². The van der Waals surface area contributed by atoms with Gasteiger partial charge in [-0.05, 0) is 30.5 Å². The van der Waals surface area contributed by atoms with Gasteiger partial charge in [-0.15, -0.1) is 0 Å². The third kappa shape index (κ3) is 4.25. The van der Waals surface area contributed by atoms with Gasteiger partial charge in [-0.3, -0.25) is 4.79 Å². The summed E-state index contributed by atoms with van der Waals surface area (Å²) in [6, 6.07) is 4.96. The van der Waals surface area contributed by atoms with Crippen molar-refractivity contribution < 1.29 is 22.7 Å². The van der Waals surface area contributed by atoms with Gasteiger partial charge in [0.2, 0.25) is 0 Å². The Labute approximate surface area is 123 Å². The van der Waals surface area contributed by atoms with Crippen LogP contribution in [-0.4, -0.2) is 37.5 Å². The van der Waals surface area contributed by atoms with Crippen molar-refractivity contribution in [1.29, 1.82) is 0 Å². The predicted octanol–water partition coefficient (Wildman–Crippen LogP) is 1.32. The number of hydrogen-bond acceptors (Lipinski definition) is 4. The van der Waals surface area contributed by atoms with Crippen molar-refractivity contribution in [2.24, 2.45) is 5.73 Å². The molecule has 0 amide bonds. The van der Waals surface area contributed by atoms with Crippen LogP contribution in [0.15, 0.2) is 24.3 Å². The first-order valence-electron chi connectivity index (χ1n) is 6.67. The average Bonchev–Trinajstić information content (AvgIpc) is 2.41. The lowest BCUT2D eigenvalue weighted by molar-refractivity contribution is -0.143. The molecule has 1 aromatic carbocycles. The van der Waals surface area contributed by atoms with Crippen LogP contribution in [0.1, 0.15) is 25.3 Å². The Kier molecular flexibility index (Phi) is 5.86. The van der Waals surface area contributed by atoms with E-state index < -0.39 is 27.0 Å². The highest BCUT2D eigenvalue weighted by Crippen LogP contribution is 2.28. The molecule has 1 unspecified atom stereocenters. The van der Waals surface area contributed by atoms with E-state index in [2.05, 4.69) is 0 Å². The van der Waals surface area contributed by atoms with Crippen molar-refractivity contribution >= 4 is 15.8 Å². The maximum Gasteiger partial charge on any atom is 0.315 e. The van der Waals surface area contributed by atoms with Crippen LogP contribution < -0.4 is 5.73 Å². The second-order valence-electron chi connectivity index (χ2n) is 5.00. The molecule has 1 atom stereocenters. The van der Waals surface area contributed by atoms with Crippen molar-refractivity contribution in [3.63, 3.8) is 0 Å². The molecule has 0 bridgehead atoms. The molecule has 118 valence electrons. The fourth-order valence-electron chi connectivity index (χ4n) is 2.19. The monoisotopic (exact) mass is 317 g/mol. The van der Waals surface area contributed by atoms with E-state index in [1.54, 1.807) is 6.92 Å². The summed E-state index contributed by atoms with van der Waals surface area (Å²) in [6.45, 7) is 1.49. The average molecular weight is 317 g/mol. The molecule has 0 saturated heterocycles. The first-order chi connectivity index (χ1) is 9.77. The maximum absolute atomic E-state index is 13.0. The Morgan fingerprint density at radius 2 is 1.86 bits per heavy atom. The standard InChI is InChI=1S/C14H20FNO4S/c1-2-8-21(19,20)9-7-14(10-16,13(17)18)11-3-5-12(15)6-4-11/h3-6H,2,7-10,16H2,1H3,(H,17,18). The normalized spacial score (nSPS) is 14.6. The molecule has 0 heterocycles. The van der Waals surface area contributed by atoms with Crippen LogP contribution >= 0.6 is 0 Å². The zero-order valence-corrected chi connectivity index (χ0v) is 12.7. The van der Waals surface area contributed by atoms with Gasteiger partial charge in [0.1, 0.15) is 21.1 Å². The molecule has 0 aromatic heterocycles. The minimum Gasteiger partial charge on any atom is -0.481 e. The van der Waals surface area contributed by atoms with Gasteiger partial charge in [0, 0.05) is 12.3 Å². The van der Waals surface area contributed by atoms with Crippen LogP contribution in [0, 0.1) is 5.82 Å². The molecule has 0 aliphatic rings. The number of rotatable bonds is 8. The number of sulfone groups is 1. The Bertz CT molecular complexity index is 585. The molecule has 0 aliphatic heterocycles. The second kappa shape index (κ2) is 7.00. The Hall–Kier alpha value is -1.47. The van der Waals surface area contributed by atoms with Gasteiger partial charge in [0.25, 0.3) is 0 Å². The molecule has 1 rings (SSSR count). The first-order valence-corrected chi connectivity index (χ1v) is 8.49. The topological polar surface area (TPSA) is 97.5 Å². The van der Waals surface area contributed by atoms with Crippen LogP contribution in [0.2, 0.25) is 0 Å². The molecule has 0 saturated carbocycles. The predicted molar refractivity (Wildman–Crippen MR) is 78.3 cm³/mol. The molecule has 21 heavy (non-hydrogen) atoms. The molecule has 0 spiro atoms. The lowest BCUT2D eigenvalue weighted by Crippen LogP contribution is -2.44. The van der Waals surface area contributed by atoms with Gasteiger partial charge in [-0.25, -0.2) is 12.8 Å². The zero-order chi connectivity index (χ0) is 16.1. The Morgan fingerprint density at radius 3 is 2.29 bits per heavy atom. The van der Waals surface area contributed by atoms with E-state index in [1.165, 1.54) is 12.1 Å². The highest BCUT2D eigenvalue weighted by atomic mass is 32.2. The number of aliphatic carboxylic acids is 1. The summed E-state index contributed by atoms with van der Waals surface area (Å²) < 4.78 is 36.6. The minimum absolute atomic E-state index is 0.0106. The molecule has 5 nitrogen and oxygen atoms in total. The van der Waals surface area contributed by atoms with Gasteiger partial charge in [0.15, 0.2) is 0 Å². The van der Waals surface area contributed by atoms with Crippen LogP contribution in [0.25, 0.3) is 0 Å². The van der Waals surface area contributed by atoms with Crippen molar-refractivity contribution in [3.05, 3.63) is 35.6 Å². The molecule has 3 N–H and O–H groups in total. The summed E-state index contributed by atoms with van der Waals surface area (Å²) in [5, 5.41) is 9.50. The summed E-state index contributed by atoms with van der Waals surface area (Å²) in [5.41, 5.74) is 4.40. The number of halogens is 1. The van der Waals surface area contributed by atoms with E-state index >= 15 is 0 Å². The van der Waals surface area contributed by atoms with Gasteiger partial charge < -0.3 is 10.8 Å². The maximum atomic E-state index is 13.0. The lowest BCUT2D eigenvalue weighted by Gasteiger charge is -2.28. The van der Waals surface area contributed by atoms with E-state index in [0.29, 0.717) is 12.0 Å². The molecule has 0 fully saturated rings. The molecule has 1 aromatic rings. The van der Waals surface area contributed by atoms with Crippen LogP contribution in [0.5, 0.6) is 0 Å². The highest BCUT2D eigenvalue weighted by molar-refractivity contribution is 7.91. The van der Waals surface area contributed by atoms with Crippen LogP contribution in [0.3, 0.4) is 0 Å². The SMILES string of the molecule is CCCS(=O)(=O)CCC(CN)(C(=O)O)c1ccc(F)cc1. The van der Waals surface area contributed by atoms with Crippen molar-refractivity contribution in [2.75, 3.05) is 18.1 Å². The number of carboxylic acid groups (broad SMARTS) is 1. The lowest BCUT2D eigenvalue weighted by atomic mass is 9.78. The largest absolute Gasteiger partial charge is 0.481 e. The third-order valence-electron chi connectivity index (χ3n) is 3.51. The number of nitrogens with two attached hydrogens (primary N) is 1. The molecular weight excluding hydrogens is 297 g/mol. The number of benzene rings is 1. The van der Waals surface area contributed by atoms with Crippen molar-refractivity contribution in [3.8, 4) is 0 Å².